The molecule has 1 aliphatic heterocycles. The van der Waals surface area contributed by atoms with Crippen LogP contribution in [0.5, 0.6) is 5.75 Å². The number of hydrogen-bond acceptors (Lipinski definition) is 4. The Morgan fingerprint density at radius 2 is 1.62 bits per heavy atom. The minimum Gasteiger partial charge on any atom is -0.491 e. The first kappa shape index (κ1) is 21.2. The summed E-state index contributed by atoms with van der Waals surface area (Å²) in [6.45, 7) is 6.65. The molecule has 0 aliphatic carbocycles. The predicted molar refractivity (Wildman–Crippen MR) is 113 cm³/mol. The van der Waals surface area contributed by atoms with Crippen LogP contribution in [0.25, 0.3) is 0 Å². The molecule has 5 nitrogen and oxygen atoms in total. The van der Waals surface area contributed by atoms with Crippen LogP contribution in [0.4, 0.5) is 4.79 Å². The normalized spacial score (nSPS) is 16.6. The van der Waals surface area contributed by atoms with Gasteiger partial charge in [0.05, 0.1) is 6.04 Å². The minimum absolute atomic E-state index is 0.0137. The maximum atomic E-state index is 12.5. The zero-order chi connectivity index (χ0) is 21.0. The van der Waals surface area contributed by atoms with Crippen molar-refractivity contribution in [3.05, 3.63) is 64.7 Å². The number of carbonyl (C=O) groups excluding carboxylic acids is 2. The number of halogens is 1. The number of nitrogens with zero attached hydrogens (tertiary/aromatic N) is 1. The van der Waals surface area contributed by atoms with Crippen LogP contribution in [-0.2, 0) is 4.74 Å². The molecule has 1 atom stereocenters. The molecule has 1 fully saturated rings. The van der Waals surface area contributed by atoms with Gasteiger partial charge in [-0.05, 0) is 82.1 Å². The molecule has 0 radical (unpaired) electrons. The van der Waals surface area contributed by atoms with E-state index >= 15 is 0 Å². The molecule has 0 saturated carbocycles. The highest BCUT2D eigenvalue weighted by Gasteiger charge is 2.32. The third-order valence-electron chi connectivity index (χ3n) is 4.67. The largest absolute Gasteiger partial charge is 0.491 e. The molecule has 1 amide bonds. The molecule has 1 aliphatic rings. The van der Waals surface area contributed by atoms with Gasteiger partial charge in [-0.3, -0.25) is 4.79 Å². The lowest BCUT2D eigenvalue weighted by molar-refractivity contribution is 0.0187. The molecular formula is C23H26ClNO4. The maximum absolute atomic E-state index is 12.5. The zero-order valence-electron chi connectivity index (χ0n) is 17.0. The first-order chi connectivity index (χ1) is 13.7. The fourth-order valence-electron chi connectivity index (χ4n) is 3.23. The van der Waals surface area contributed by atoms with Crippen molar-refractivity contribution in [2.24, 2.45) is 0 Å². The van der Waals surface area contributed by atoms with E-state index in [-0.39, 0.29) is 17.9 Å². The number of benzene rings is 2. The van der Waals surface area contributed by atoms with Crippen LogP contribution in [-0.4, -0.2) is 41.6 Å². The van der Waals surface area contributed by atoms with E-state index in [9.17, 15) is 9.59 Å². The highest BCUT2D eigenvalue weighted by Crippen LogP contribution is 2.23. The molecule has 0 N–H and O–H groups in total. The van der Waals surface area contributed by atoms with E-state index in [1.54, 1.807) is 53.4 Å². The highest BCUT2D eigenvalue weighted by molar-refractivity contribution is 6.30. The van der Waals surface area contributed by atoms with E-state index in [4.69, 9.17) is 21.1 Å². The third-order valence-corrected chi connectivity index (χ3v) is 4.92. The standard InChI is InChI=1S/C23H26ClNO4/c1-23(2,3)29-22(27)25-14-4-5-19(25)15-28-20-12-8-17(9-13-20)21(26)16-6-10-18(24)11-7-16/h6-13,19H,4-5,14-15H2,1-3H3/t19-/m0/s1. The second-order valence-electron chi connectivity index (χ2n) is 8.14. The van der Waals surface area contributed by atoms with E-state index < -0.39 is 5.60 Å². The van der Waals surface area contributed by atoms with Crippen LogP contribution in [0.2, 0.25) is 5.02 Å². The van der Waals surface area contributed by atoms with Crippen molar-refractivity contribution < 1.29 is 19.1 Å². The Morgan fingerprint density at radius 1 is 1.03 bits per heavy atom. The molecular weight excluding hydrogens is 390 g/mol. The van der Waals surface area contributed by atoms with Crippen LogP contribution in [0.1, 0.15) is 49.5 Å². The van der Waals surface area contributed by atoms with Gasteiger partial charge in [0.1, 0.15) is 18.0 Å². The summed E-state index contributed by atoms with van der Waals surface area (Å²) in [7, 11) is 0. The van der Waals surface area contributed by atoms with Gasteiger partial charge < -0.3 is 14.4 Å². The quantitative estimate of drug-likeness (QED) is 0.617. The Morgan fingerprint density at radius 3 is 2.21 bits per heavy atom. The van der Waals surface area contributed by atoms with E-state index in [0.717, 1.165) is 12.8 Å². The van der Waals surface area contributed by atoms with Crippen molar-refractivity contribution in [3.63, 3.8) is 0 Å². The molecule has 2 aromatic carbocycles. The lowest BCUT2D eigenvalue weighted by atomic mass is 10.0. The molecule has 29 heavy (non-hydrogen) atoms. The molecule has 0 aromatic heterocycles. The predicted octanol–water partition coefficient (Wildman–Crippen LogP) is 5.35. The maximum Gasteiger partial charge on any atom is 0.410 e. The molecule has 1 saturated heterocycles. The monoisotopic (exact) mass is 415 g/mol. The summed E-state index contributed by atoms with van der Waals surface area (Å²) in [4.78, 5) is 26.6. The van der Waals surface area contributed by atoms with Crippen LogP contribution >= 0.6 is 11.6 Å². The van der Waals surface area contributed by atoms with Crippen molar-refractivity contribution in [2.75, 3.05) is 13.2 Å². The molecule has 1 heterocycles. The Hall–Kier alpha value is -2.53. The number of likely N-dealkylation sites (tertiary alicyclic amines) is 1. The SMILES string of the molecule is CC(C)(C)OC(=O)N1CCC[C@H]1COc1ccc(C(=O)c2ccc(Cl)cc2)cc1. The molecule has 0 unspecified atom stereocenters. The lowest BCUT2D eigenvalue weighted by Crippen LogP contribution is -2.42. The van der Waals surface area contributed by atoms with Gasteiger partial charge in [-0.2, -0.15) is 0 Å². The van der Waals surface area contributed by atoms with E-state index in [2.05, 4.69) is 0 Å². The van der Waals surface area contributed by atoms with Crippen molar-refractivity contribution in [2.45, 2.75) is 45.3 Å². The number of rotatable bonds is 5. The van der Waals surface area contributed by atoms with E-state index in [0.29, 0.717) is 35.1 Å². The van der Waals surface area contributed by atoms with E-state index in [1.165, 1.54) is 0 Å². The Bertz CT molecular complexity index is 856. The van der Waals surface area contributed by atoms with Gasteiger partial charge in [-0.15, -0.1) is 0 Å². The second-order valence-corrected chi connectivity index (χ2v) is 8.58. The number of ether oxygens (including phenoxy) is 2. The van der Waals surface area contributed by atoms with E-state index in [1.807, 2.05) is 20.8 Å². The molecule has 154 valence electrons. The third kappa shape index (κ3) is 5.73. The van der Waals surface area contributed by atoms with Gasteiger partial charge in [0.15, 0.2) is 5.78 Å². The van der Waals surface area contributed by atoms with Crippen LogP contribution in [0.3, 0.4) is 0 Å². The van der Waals surface area contributed by atoms with Crippen LogP contribution in [0.15, 0.2) is 48.5 Å². The first-order valence-corrected chi connectivity index (χ1v) is 10.1. The molecule has 6 heteroatoms. The average Bonchev–Trinajstić information content (AvgIpc) is 3.14. The second kappa shape index (κ2) is 8.87. The summed E-state index contributed by atoms with van der Waals surface area (Å²) >= 11 is 5.87. The summed E-state index contributed by atoms with van der Waals surface area (Å²) in [5, 5.41) is 0.595. The highest BCUT2D eigenvalue weighted by atomic mass is 35.5. The summed E-state index contributed by atoms with van der Waals surface area (Å²) in [5.74, 6) is 0.591. The van der Waals surface area contributed by atoms with Crippen LogP contribution < -0.4 is 4.74 Å². The topological polar surface area (TPSA) is 55.8 Å². The minimum atomic E-state index is -0.516. The molecule has 0 bridgehead atoms. The molecule has 0 spiro atoms. The number of hydrogen-bond donors (Lipinski definition) is 0. The number of ketones is 1. The number of amides is 1. The molecule has 2 aromatic rings. The van der Waals surface area contributed by atoms with Gasteiger partial charge in [0.2, 0.25) is 0 Å². The lowest BCUT2D eigenvalue weighted by Gasteiger charge is -2.28. The fourth-order valence-corrected chi connectivity index (χ4v) is 3.36. The Kier molecular flexibility index (Phi) is 6.48. The summed E-state index contributed by atoms with van der Waals surface area (Å²) < 4.78 is 11.4. The Balaban J connectivity index is 1.58. The summed E-state index contributed by atoms with van der Waals surface area (Å²) in [6.07, 6.45) is 1.52. The summed E-state index contributed by atoms with van der Waals surface area (Å²) in [5.41, 5.74) is 0.648. The van der Waals surface area contributed by atoms with Gasteiger partial charge >= 0.3 is 6.09 Å². The van der Waals surface area contributed by atoms with Gasteiger partial charge in [-0.25, -0.2) is 4.79 Å². The van der Waals surface area contributed by atoms with Crippen molar-refractivity contribution in [3.8, 4) is 5.75 Å². The molecule has 3 rings (SSSR count). The Labute approximate surface area is 176 Å². The fraction of sp³-hybridized carbons (Fsp3) is 0.391. The number of carbonyl (C=O) groups is 2. The first-order valence-electron chi connectivity index (χ1n) is 9.76. The van der Waals surface area contributed by atoms with Crippen molar-refractivity contribution in [1.29, 1.82) is 0 Å². The van der Waals surface area contributed by atoms with Gasteiger partial charge in [0, 0.05) is 22.7 Å². The van der Waals surface area contributed by atoms with Gasteiger partial charge in [0.25, 0.3) is 0 Å². The zero-order valence-corrected chi connectivity index (χ0v) is 17.7. The van der Waals surface area contributed by atoms with Crippen LogP contribution in [0, 0.1) is 0 Å². The van der Waals surface area contributed by atoms with Crippen molar-refractivity contribution in [1.82, 2.24) is 4.90 Å². The smallest absolute Gasteiger partial charge is 0.410 e. The van der Waals surface area contributed by atoms with Crippen molar-refractivity contribution >= 4 is 23.5 Å². The summed E-state index contributed by atoms with van der Waals surface area (Å²) in [6, 6.07) is 13.8. The average molecular weight is 416 g/mol. The van der Waals surface area contributed by atoms with Gasteiger partial charge in [-0.1, -0.05) is 11.6 Å².